The lowest BCUT2D eigenvalue weighted by molar-refractivity contribution is -0.0617. The molecule has 0 aromatic carbocycles. The van der Waals surface area contributed by atoms with Gasteiger partial charge in [-0.05, 0) is 46.8 Å². The quantitative estimate of drug-likeness (QED) is 0.576. The van der Waals surface area contributed by atoms with Crippen molar-refractivity contribution in [3.63, 3.8) is 0 Å². The van der Waals surface area contributed by atoms with E-state index >= 15 is 0 Å². The molecule has 1 rings (SSSR count). The topological polar surface area (TPSA) is 38.8 Å². The van der Waals surface area contributed by atoms with Crippen LogP contribution < -0.4 is 0 Å². The van der Waals surface area contributed by atoms with Gasteiger partial charge in [0.15, 0.2) is 0 Å². The zero-order valence-electron chi connectivity index (χ0n) is 15.8. The summed E-state index contributed by atoms with van der Waals surface area (Å²) in [4.78, 5) is 14.3. The number of ether oxygens (including phenoxy) is 2. The Labute approximate surface area is 146 Å². The van der Waals surface area contributed by atoms with Gasteiger partial charge in [-0.2, -0.15) is 11.8 Å². The first-order valence-electron chi connectivity index (χ1n) is 8.91. The lowest BCUT2D eigenvalue weighted by Crippen LogP contribution is -2.50. The van der Waals surface area contributed by atoms with Crippen LogP contribution in [0.1, 0.15) is 73.6 Å². The first kappa shape index (κ1) is 20.6. The van der Waals surface area contributed by atoms with E-state index < -0.39 is 11.3 Å². The molecule has 1 amide bonds. The van der Waals surface area contributed by atoms with Crippen LogP contribution in [0.3, 0.4) is 0 Å². The Balaban J connectivity index is 2.42. The number of rotatable bonds is 8. The zero-order valence-corrected chi connectivity index (χ0v) is 16.6. The molecular formula is C18H35NO3S. The van der Waals surface area contributed by atoms with E-state index in [1.807, 2.05) is 46.4 Å². The minimum atomic E-state index is -0.589. The summed E-state index contributed by atoms with van der Waals surface area (Å²) < 4.78 is 11.4. The molecule has 1 unspecified atom stereocenters. The molecule has 1 aliphatic heterocycles. The normalized spacial score (nSPS) is 20.8. The molecule has 4 nitrogen and oxygen atoms in total. The number of carbonyl (C=O) groups excluding carboxylic acids is 1. The van der Waals surface area contributed by atoms with Crippen molar-refractivity contribution in [1.82, 2.24) is 4.90 Å². The SMILES string of the molecule is CCCCCCCSCC1COC(C)(C)N1C(=O)OC(C)(C)C. The smallest absolute Gasteiger partial charge is 0.412 e. The molecule has 1 aliphatic rings. The van der Waals surface area contributed by atoms with Crippen LogP contribution in [0.5, 0.6) is 0 Å². The molecule has 0 N–H and O–H groups in total. The van der Waals surface area contributed by atoms with Crippen LogP contribution in [0.4, 0.5) is 4.79 Å². The fourth-order valence-electron chi connectivity index (χ4n) is 2.71. The molecule has 5 heteroatoms. The minimum absolute atomic E-state index is 0.0977. The van der Waals surface area contributed by atoms with E-state index in [2.05, 4.69) is 6.92 Å². The third-order valence-electron chi connectivity index (χ3n) is 3.87. The summed E-state index contributed by atoms with van der Waals surface area (Å²) in [5, 5.41) is 0. The molecule has 0 aliphatic carbocycles. The second-order valence-electron chi connectivity index (χ2n) is 7.75. The molecular weight excluding hydrogens is 310 g/mol. The third-order valence-corrected chi connectivity index (χ3v) is 5.06. The zero-order chi connectivity index (χ0) is 17.5. The van der Waals surface area contributed by atoms with Gasteiger partial charge < -0.3 is 9.47 Å². The first-order valence-corrected chi connectivity index (χ1v) is 10.1. The van der Waals surface area contributed by atoms with Crippen LogP contribution >= 0.6 is 11.8 Å². The Kier molecular flexibility index (Phi) is 8.22. The predicted octanol–water partition coefficient (Wildman–Crippen LogP) is 5.06. The number of thioether (sulfide) groups is 1. The fourth-order valence-corrected chi connectivity index (χ4v) is 3.81. The molecule has 0 aromatic rings. The summed E-state index contributed by atoms with van der Waals surface area (Å²) in [6.07, 6.45) is 6.25. The molecule has 0 bridgehead atoms. The van der Waals surface area contributed by atoms with Gasteiger partial charge in [0.2, 0.25) is 0 Å². The Morgan fingerprint density at radius 1 is 1.26 bits per heavy atom. The number of nitrogens with zero attached hydrogens (tertiary/aromatic N) is 1. The molecule has 1 fully saturated rings. The molecule has 0 radical (unpaired) electrons. The Hall–Kier alpha value is -0.420. The van der Waals surface area contributed by atoms with Crippen molar-refractivity contribution < 1.29 is 14.3 Å². The second kappa shape index (κ2) is 9.16. The highest BCUT2D eigenvalue weighted by molar-refractivity contribution is 7.99. The standard InChI is InChI=1S/C18H35NO3S/c1-7-8-9-10-11-12-23-14-15-13-21-18(5,6)19(15)16(20)22-17(2,3)4/h15H,7-14H2,1-6H3. The number of hydrogen-bond donors (Lipinski definition) is 0. The van der Waals surface area contributed by atoms with Crippen LogP contribution in [0.15, 0.2) is 0 Å². The number of carbonyl (C=O) groups is 1. The molecule has 23 heavy (non-hydrogen) atoms. The van der Waals surface area contributed by atoms with E-state index in [0.29, 0.717) is 6.61 Å². The highest BCUT2D eigenvalue weighted by Crippen LogP contribution is 2.31. The Morgan fingerprint density at radius 2 is 1.91 bits per heavy atom. The van der Waals surface area contributed by atoms with E-state index in [-0.39, 0.29) is 12.1 Å². The number of amides is 1. The summed E-state index contributed by atoms with van der Waals surface area (Å²) >= 11 is 1.92. The highest BCUT2D eigenvalue weighted by atomic mass is 32.2. The lowest BCUT2D eigenvalue weighted by Gasteiger charge is -2.35. The summed E-state index contributed by atoms with van der Waals surface area (Å²) in [5.74, 6) is 2.07. The summed E-state index contributed by atoms with van der Waals surface area (Å²) in [6, 6.07) is 0.0977. The van der Waals surface area contributed by atoms with Gasteiger partial charge in [0.1, 0.15) is 11.3 Å². The summed E-state index contributed by atoms with van der Waals surface area (Å²) in [7, 11) is 0. The largest absolute Gasteiger partial charge is 0.444 e. The lowest BCUT2D eigenvalue weighted by atomic mass is 10.2. The van der Waals surface area contributed by atoms with Crippen LogP contribution in [-0.2, 0) is 9.47 Å². The van der Waals surface area contributed by atoms with Gasteiger partial charge in [0, 0.05) is 5.75 Å². The molecule has 1 heterocycles. The Bertz CT molecular complexity index is 366. The van der Waals surface area contributed by atoms with Gasteiger partial charge >= 0.3 is 6.09 Å². The number of hydrogen-bond acceptors (Lipinski definition) is 4. The third kappa shape index (κ3) is 7.34. The van der Waals surface area contributed by atoms with Crippen LogP contribution in [0, 0.1) is 0 Å². The van der Waals surface area contributed by atoms with Gasteiger partial charge in [-0.15, -0.1) is 0 Å². The summed E-state index contributed by atoms with van der Waals surface area (Å²) in [6.45, 7) is 12.4. The van der Waals surface area contributed by atoms with Crippen LogP contribution in [0.25, 0.3) is 0 Å². The maximum absolute atomic E-state index is 12.5. The molecule has 1 atom stereocenters. The number of unbranched alkanes of at least 4 members (excludes halogenated alkanes) is 4. The fraction of sp³-hybridized carbons (Fsp3) is 0.944. The van der Waals surface area contributed by atoms with Crippen LogP contribution in [-0.4, -0.2) is 46.5 Å². The van der Waals surface area contributed by atoms with E-state index in [1.54, 1.807) is 4.90 Å². The molecule has 0 aromatic heterocycles. The van der Waals surface area contributed by atoms with Crippen molar-refractivity contribution in [2.45, 2.75) is 91.0 Å². The van der Waals surface area contributed by atoms with Crippen molar-refractivity contribution in [2.24, 2.45) is 0 Å². The molecule has 0 spiro atoms. The van der Waals surface area contributed by atoms with Gasteiger partial charge in [-0.25, -0.2) is 4.79 Å². The molecule has 136 valence electrons. The van der Waals surface area contributed by atoms with E-state index in [9.17, 15) is 4.79 Å². The van der Waals surface area contributed by atoms with Crippen molar-refractivity contribution in [3.05, 3.63) is 0 Å². The maximum atomic E-state index is 12.5. The van der Waals surface area contributed by atoms with Crippen molar-refractivity contribution in [2.75, 3.05) is 18.1 Å². The average molecular weight is 346 g/mol. The minimum Gasteiger partial charge on any atom is -0.444 e. The predicted molar refractivity (Wildman–Crippen MR) is 98.0 cm³/mol. The Morgan fingerprint density at radius 3 is 2.52 bits per heavy atom. The monoisotopic (exact) mass is 345 g/mol. The highest BCUT2D eigenvalue weighted by Gasteiger charge is 2.45. The van der Waals surface area contributed by atoms with E-state index in [4.69, 9.17) is 9.47 Å². The van der Waals surface area contributed by atoms with E-state index in [1.165, 1.54) is 32.1 Å². The molecule has 0 saturated carbocycles. The van der Waals surface area contributed by atoms with Gasteiger partial charge in [0.05, 0.1) is 12.6 Å². The van der Waals surface area contributed by atoms with Crippen molar-refractivity contribution >= 4 is 17.9 Å². The van der Waals surface area contributed by atoms with Crippen LogP contribution in [0.2, 0.25) is 0 Å². The van der Waals surface area contributed by atoms with Crippen molar-refractivity contribution in [3.8, 4) is 0 Å². The van der Waals surface area contributed by atoms with Gasteiger partial charge in [-0.3, -0.25) is 4.90 Å². The average Bonchev–Trinajstić information content (AvgIpc) is 2.71. The first-order chi connectivity index (χ1) is 10.7. The van der Waals surface area contributed by atoms with Gasteiger partial charge in [0.25, 0.3) is 0 Å². The molecule has 1 saturated heterocycles. The maximum Gasteiger partial charge on any atom is 0.412 e. The van der Waals surface area contributed by atoms with Gasteiger partial charge in [-0.1, -0.05) is 32.6 Å². The van der Waals surface area contributed by atoms with Crippen molar-refractivity contribution in [1.29, 1.82) is 0 Å². The van der Waals surface area contributed by atoms with E-state index in [0.717, 1.165) is 11.5 Å². The second-order valence-corrected chi connectivity index (χ2v) is 8.90. The summed E-state index contributed by atoms with van der Waals surface area (Å²) in [5.41, 5.74) is -1.07.